The number of fused-ring (bicyclic) bond motifs is 1. The lowest BCUT2D eigenvalue weighted by Crippen LogP contribution is -1.97. The van der Waals surface area contributed by atoms with Crippen LogP contribution in [0.15, 0.2) is 18.2 Å². The van der Waals surface area contributed by atoms with Gasteiger partial charge in [-0.3, -0.25) is 0 Å². The number of rotatable bonds is 4. The van der Waals surface area contributed by atoms with E-state index in [1.807, 2.05) is 0 Å². The van der Waals surface area contributed by atoms with E-state index in [4.69, 9.17) is 11.6 Å². The molecule has 0 saturated carbocycles. The van der Waals surface area contributed by atoms with Crippen LogP contribution in [-0.2, 0) is 6.54 Å². The number of aryl methyl sites for hydroxylation is 1. The van der Waals surface area contributed by atoms with Crippen LogP contribution in [0.2, 0.25) is 5.15 Å². The first-order valence-electron chi connectivity index (χ1n) is 6.97. The van der Waals surface area contributed by atoms with Gasteiger partial charge < -0.3 is 9.67 Å². The molecule has 0 spiro atoms. The molecule has 0 aliphatic rings. The highest BCUT2D eigenvalue weighted by molar-refractivity contribution is 6.32. The minimum atomic E-state index is -0.546. The average Bonchev–Trinajstić information content (AvgIpc) is 2.62. The van der Waals surface area contributed by atoms with Crippen molar-refractivity contribution in [3.8, 4) is 0 Å². The molecule has 1 N–H and O–H groups in total. The molecule has 0 saturated heterocycles. The van der Waals surface area contributed by atoms with Crippen molar-refractivity contribution in [2.45, 2.75) is 52.7 Å². The highest BCUT2D eigenvalue weighted by atomic mass is 35.5. The maximum Gasteiger partial charge on any atom is 0.115 e. The quantitative estimate of drug-likeness (QED) is 0.848. The van der Waals surface area contributed by atoms with Gasteiger partial charge in [-0.2, -0.15) is 0 Å². The van der Waals surface area contributed by atoms with Crippen LogP contribution in [0.25, 0.3) is 10.9 Å². The summed E-state index contributed by atoms with van der Waals surface area (Å²) in [5.41, 5.74) is 3.25. The Morgan fingerprint density at radius 2 is 1.95 bits per heavy atom. The maximum atomic E-state index is 10.0. The third kappa shape index (κ3) is 2.52. The van der Waals surface area contributed by atoms with E-state index >= 15 is 0 Å². The SMILES string of the molecule is CCCn1c(Cl)c(C(C)O)c2cc(C(C)C)ccc21. The van der Waals surface area contributed by atoms with Crippen LogP contribution in [0.5, 0.6) is 0 Å². The Kier molecular flexibility index (Phi) is 4.22. The normalized spacial score (nSPS) is 13.4. The van der Waals surface area contributed by atoms with Gasteiger partial charge in [0.15, 0.2) is 0 Å². The van der Waals surface area contributed by atoms with Crippen molar-refractivity contribution in [1.29, 1.82) is 0 Å². The fourth-order valence-corrected chi connectivity index (χ4v) is 3.00. The van der Waals surface area contributed by atoms with Gasteiger partial charge in [0.1, 0.15) is 5.15 Å². The van der Waals surface area contributed by atoms with E-state index in [1.165, 1.54) is 5.56 Å². The van der Waals surface area contributed by atoms with Crippen molar-refractivity contribution in [3.05, 3.63) is 34.5 Å². The van der Waals surface area contributed by atoms with E-state index in [9.17, 15) is 5.11 Å². The number of hydrogen-bond donors (Lipinski definition) is 1. The standard InChI is InChI=1S/C16H22ClNO/c1-5-8-18-14-7-6-12(10(2)3)9-13(14)15(11(4)19)16(18)17/h6-7,9-11,19H,5,8H2,1-4H3. The van der Waals surface area contributed by atoms with Crippen molar-refractivity contribution >= 4 is 22.5 Å². The van der Waals surface area contributed by atoms with Crippen LogP contribution >= 0.6 is 11.6 Å². The molecule has 1 atom stereocenters. The second kappa shape index (κ2) is 5.56. The molecule has 0 aliphatic heterocycles. The predicted octanol–water partition coefficient (Wildman–Crippen LogP) is 4.88. The fraction of sp³-hybridized carbons (Fsp3) is 0.500. The number of halogens is 1. The van der Waals surface area contributed by atoms with Gasteiger partial charge in [0.25, 0.3) is 0 Å². The molecule has 0 fully saturated rings. The molecular formula is C16H22ClNO. The number of nitrogens with zero attached hydrogens (tertiary/aromatic N) is 1. The average molecular weight is 280 g/mol. The molecule has 0 amide bonds. The molecule has 1 unspecified atom stereocenters. The van der Waals surface area contributed by atoms with E-state index in [0.717, 1.165) is 29.4 Å². The second-order valence-electron chi connectivity index (χ2n) is 5.46. The number of aliphatic hydroxyl groups is 1. The van der Waals surface area contributed by atoms with Crippen LogP contribution in [0.4, 0.5) is 0 Å². The smallest absolute Gasteiger partial charge is 0.115 e. The van der Waals surface area contributed by atoms with E-state index < -0.39 is 6.10 Å². The molecule has 2 aromatic rings. The number of aromatic nitrogens is 1. The summed E-state index contributed by atoms with van der Waals surface area (Å²) in [6.45, 7) is 9.14. The number of hydrogen-bond acceptors (Lipinski definition) is 1. The summed E-state index contributed by atoms with van der Waals surface area (Å²) in [6.07, 6.45) is 0.477. The van der Waals surface area contributed by atoms with Gasteiger partial charge in [-0.15, -0.1) is 0 Å². The summed E-state index contributed by atoms with van der Waals surface area (Å²) in [4.78, 5) is 0. The topological polar surface area (TPSA) is 25.2 Å². The van der Waals surface area contributed by atoms with Crippen LogP contribution in [0.3, 0.4) is 0 Å². The van der Waals surface area contributed by atoms with Crippen molar-refractivity contribution in [1.82, 2.24) is 4.57 Å². The number of benzene rings is 1. The molecule has 3 heteroatoms. The lowest BCUT2D eigenvalue weighted by Gasteiger charge is -2.07. The van der Waals surface area contributed by atoms with Crippen molar-refractivity contribution in [2.75, 3.05) is 0 Å². The molecular weight excluding hydrogens is 258 g/mol. The molecule has 0 aliphatic carbocycles. The third-order valence-electron chi connectivity index (χ3n) is 3.59. The molecule has 0 bridgehead atoms. The summed E-state index contributed by atoms with van der Waals surface area (Å²) < 4.78 is 2.10. The summed E-state index contributed by atoms with van der Waals surface area (Å²) in [6, 6.07) is 6.44. The Hall–Kier alpha value is -0.990. The molecule has 1 heterocycles. The van der Waals surface area contributed by atoms with E-state index in [0.29, 0.717) is 11.1 Å². The van der Waals surface area contributed by atoms with Gasteiger partial charge in [0.05, 0.1) is 6.10 Å². The Bertz CT molecular complexity index is 584. The summed E-state index contributed by atoms with van der Waals surface area (Å²) in [5.74, 6) is 0.472. The van der Waals surface area contributed by atoms with Gasteiger partial charge in [0.2, 0.25) is 0 Å². The highest BCUT2D eigenvalue weighted by Crippen LogP contribution is 2.36. The zero-order chi connectivity index (χ0) is 14.2. The predicted molar refractivity (Wildman–Crippen MR) is 82.0 cm³/mol. The zero-order valence-corrected chi connectivity index (χ0v) is 12.8. The minimum Gasteiger partial charge on any atom is -0.389 e. The van der Waals surface area contributed by atoms with Gasteiger partial charge in [-0.05, 0) is 37.0 Å². The Morgan fingerprint density at radius 1 is 1.26 bits per heavy atom. The first-order valence-corrected chi connectivity index (χ1v) is 7.34. The van der Waals surface area contributed by atoms with Crippen LogP contribution < -0.4 is 0 Å². The summed E-state index contributed by atoms with van der Waals surface area (Å²) in [7, 11) is 0. The van der Waals surface area contributed by atoms with E-state index in [2.05, 4.69) is 43.5 Å². The summed E-state index contributed by atoms with van der Waals surface area (Å²) in [5, 5.41) is 11.8. The van der Waals surface area contributed by atoms with Crippen LogP contribution in [0, 0.1) is 0 Å². The van der Waals surface area contributed by atoms with Gasteiger partial charge in [-0.25, -0.2) is 0 Å². The van der Waals surface area contributed by atoms with Gasteiger partial charge in [-0.1, -0.05) is 38.4 Å². The van der Waals surface area contributed by atoms with E-state index in [1.54, 1.807) is 6.92 Å². The van der Waals surface area contributed by atoms with Crippen LogP contribution in [0.1, 0.15) is 57.3 Å². The van der Waals surface area contributed by atoms with Gasteiger partial charge in [0, 0.05) is 23.0 Å². The Labute approximate surface area is 120 Å². The molecule has 104 valence electrons. The lowest BCUT2D eigenvalue weighted by molar-refractivity contribution is 0.200. The molecule has 19 heavy (non-hydrogen) atoms. The van der Waals surface area contributed by atoms with E-state index in [-0.39, 0.29) is 0 Å². The lowest BCUT2D eigenvalue weighted by atomic mass is 9.99. The van der Waals surface area contributed by atoms with Gasteiger partial charge >= 0.3 is 0 Å². The third-order valence-corrected chi connectivity index (χ3v) is 4.00. The number of aliphatic hydroxyl groups excluding tert-OH is 1. The molecule has 1 aromatic carbocycles. The maximum absolute atomic E-state index is 10.0. The largest absolute Gasteiger partial charge is 0.389 e. The minimum absolute atomic E-state index is 0.472. The van der Waals surface area contributed by atoms with Crippen molar-refractivity contribution < 1.29 is 5.11 Å². The van der Waals surface area contributed by atoms with Crippen molar-refractivity contribution in [2.24, 2.45) is 0 Å². The molecule has 2 nitrogen and oxygen atoms in total. The highest BCUT2D eigenvalue weighted by Gasteiger charge is 2.19. The first-order chi connectivity index (χ1) is 8.97. The van der Waals surface area contributed by atoms with Crippen LogP contribution in [-0.4, -0.2) is 9.67 Å². The monoisotopic (exact) mass is 279 g/mol. The molecule has 1 aromatic heterocycles. The Balaban J connectivity index is 2.74. The summed E-state index contributed by atoms with van der Waals surface area (Å²) >= 11 is 6.46. The fourth-order valence-electron chi connectivity index (χ4n) is 2.57. The second-order valence-corrected chi connectivity index (χ2v) is 5.82. The first kappa shape index (κ1) is 14.4. The molecule has 2 rings (SSSR count). The zero-order valence-electron chi connectivity index (χ0n) is 12.1. The Morgan fingerprint density at radius 3 is 2.47 bits per heavy atom. The molecule has 0 radical (unpaired) electrons. The van der Waals surface area contributed by atoms with Crippen molar-refractivity contribution in [3.63, 3.8) is 0 Å².